The highest BCUT2D eigenvalue weighted by molar-refractivity contribution is 7.89. The molecule has 2 aliphatic rings. The molecule has 0 radical (unpaired) electrons. The van der Waals surface area contributed by atoms with Gasteiger partial charge in [-0.2, -0.15) is 4.31 Å². The van der Waals surface area contributed by atoms with Gasteiger partial charge in [0.25, 0.3) is 10.0 Å². The van der Waals surface area contributed by atoms with Gasteiger partial charge in [-0.05, 0) is 19.8 Å². The number of sulfonamides is 1. The Balaban J connectivity index is 1.89. The Morgan fingerprint density at radius 3 is 2.95 bits per heavy atom. The molecule has 3 heterocycles. The van der Waals surface area contributed by atoms with E-state index < -0.39 is 10.0 Å². The first-order chi connectivity index (χ1) is 9.07. The number of nitrogens with zero attached hydrogens (tertiary/aromatic N) is 3. The Morgan fingerprint density at radius 2 is 2.21 bits per heavy atom. The van der Waals surface area contributed by atoms with Crippen molar-refractivity contribution in [3.8, 4) is 0 Å². The maximum atomic E-state index is 12.6. The van der Waals surface area contributed by atoms with E-state index >= 15 is 0 Å². The number of fused-ring (bicyclic) bond motifs is 1. The van der Waals surface area contributed by atoms with Crippen molar-refractivity contribution in [2.45, 2.75) is 43.8 Å². The number of nitrogens with one attached hydrogen (secondary N) is 1. The van der Waals surface area contributed by atoms with E-state index in [1.807, 2.05) is 11.5 Å². The maximum Gasteiger partial charge on any atom is 0.262 e. The molecule has 0 aromatic carbocycles. The van der Waals surface area contributed by atoms with E-state index in [-0.39, 0.29) is 11.1 Å². The fourth-order valence-corrected chi connectivity index (χ4v) is 4.26. The van der Waals surface area contributed by atoms with Crippen LogP contribution in [0.3, 0.4) is 0 Å². The van der Waals surface area contributed by atoms with Crippen LogP contribution in [0.4, 0.5) is 0 Å². The molecule has 0 unspecified atom stereocenters. The van der Waals surface area contributed by atoms with E-state index in [0.717, 1.165) is 31.6 Å². The normalized spacial score (nSPS) is 25.2. The van der Waals surface area contributed by atoms with Gasteiger partial charge >= 0.3 is 0 Å². The zero-order valence-corrected chi connectivity index (χ0v) is 12.0. The molecule has 1 fully saturated rings. The lowest BCUT2D eigenvalue weighted by molar-refractivity contribution is 0.309. The topological polar surface area (TPSA) is 67.2 Å². The number of aryl methyl sites for hydroxylation is 2. The van der Waals surface area contributed by atoms with Crippen LogP contribution in [0.5, 0.6) is 0 Å². The first-order valence-corrected chi connectivity index (χ1v) is 8.31. The minimum atomic E-state index is -3.43. The fraction of sp³-hybridized carbons (Fsp3) is 0.750. The van der Waals surface area contributed by atoms with Gasteiger partial charge < -0.3 is 9.88 Å². The Morgan fingerprint density at radius 1 is 1.37 bits per heavy atom. The Kier molecular flexibility index (Phi) is 3.36. The van der Waals surface area contributed by atoms with Crippen molar-refractivity contribution in [2.24, 2.45) is 0 Å². The Labute approximate surface area is 113 Å². The third-order valence-corrected chi connectivity index (χ3v) is 5.56. The molecule has 2 aliphatic heterocycles. The molecule has 0 bridgehead atoms. The highest BCUT2D eigenvalue weighted by Gasteiger charge is 2.31. The van der Waals surface area contributed by atoms with E-state index in [0.29, 0.717) is 19.6 Å². The number of imidazole rings is 1. The Hall–Kier alpha value is -0.920. The second-order valence-corrected chi connectivity index (χ2v) is 7.25. The lowest BCUT2D eigenvalue weighted by Crippen LogP contribution is -2.51. The van der Waals surface area contributed by atoms with Crippen LogP contribution in [0.15, 0.2) is 11.2 Å². The van der Waals surface area contributed by atoms with Gasteiger partial charge in [-0.3, -0.25) is 0 Å². The molecule has 19 heavy (non-hydrogen) atoms. The van der Waals surface area contributed by atoms with Gasteiger partial charge in [-0.1, -0.05) is 0 Å². The van der Waals surface area contributed by atoms with Crippen molar-refractivity contribution in [2.75, 3.05) is 19.6 Å². The van der Waals surface area contributed by atoms with Gasteiger partial charge in [-0.15, -0.1) is 0 Å². The van der Waals surface area contributed by atoms with Gasteiger partial charge in [0.1, 0.15) is 5.82 Å². The quantitative estimate of drug-likeness (QED) is 0.842. The molecule has 1 aromatic rings. The van der Waals surface area contributed by atoms with Crippen molar-refractivity contribution in [1.82, 2.24) is 19.2 Å². The Bertz CT molecular complexity index is 543. The van der Waals surface area contributed by atoms with Crippen LogP contribution in [0, 0.1) is 0 Å². The summed E-state index contributed by atoms with van der Waals surface area (Å²) in [6.45, 7) is 4.63. The summed E-state index contributed by atoms with van der Waals surface area (Å²) in [4.78, 5) is 4.34. The smallest absolute Gasteiger partial charge is 0.262 e. The first kappa shape index (κ1) is 13.1. The van der Waals surface area contributed by atoms with E-state index in [1.165, 1.54) is 0 Å². The summed E-state index contributed by atoms with van der Waals surface area (Å²) in [5, 5.41) is 3.47. The first-order valence-electron chi connectivity index (χ1n) is 6.87. The summed E-state index contributed by atoms with van der Waals surface area (Å²) in [6, 6.07) is 0.195. The molecular formula is C12H20N4O2S. The van der Waals surface area contributed by atoms with Gasteiger partial charge in [0, 0.05) is 44.8 Å². The molecule has 6 nitrogen and oxygen atoms in total. The number of aromatic nitrogens is 2. The van der Waals surface area contributed by atoms with Crippen LogP contribution in [-0.4, -0.2) is 48.0 Å². The van der Waals surface area contributed by atoms with Gasteiger partial charge in [-0.25, -0.2) is 13.4 Å². The molecule has 0 aliphatic carbocycles. The second-order valence-electron chi connectivity index (χ2n) is 5.36. The predicted molar refractivity (Wildman–Crippen MR) is 71.4 cm³/mol. The van der Waals surface area contributed by atoms with Gasteiger partial charge in [0.2, 0.25) is 0 Å². The summed E-state index contributed by atoms with van der Waals surface area (Å²) < 4.78 is 28.7. The summed E-state index contributed by atoms with van der Waals surface area (Å²) >= 11 is 0. The van der Waals surface area contributed by atoms with Crippen molar-refractivity contribution >= 4 is 10.0 Å². The molecule has 1 saturated heterocycles. The monoisotopic (exact) mass is 284 g/mol. The number of rotatable bonds is 2. The zero-order valence-electron chi connectivity index (χ0n) is 11.2. The summed E-state index contributed by atoms with van der Waals surface area (Å²) in [5.41, 5.74) is 0. The van der Waals surface area contributed by atoms with Crippen LogP contribution in [0.1, 0.15) is 25.6 Å². The predicted octanol–water partition coefficient (Wildman–Crippen LogP) is 0.202. The molecule has 7 heteroatoms. The van der Waals surface area contributed by atoms with Crippen LogP contribution in [-0.2, 0) is 23.0 Å². The molecule has 106 valence electrons. The van der Waals surface area contributed by atoms with Crippen LogP contribution in [0.25, 0.3) is 0 Å². The summed E-state index contributed by atoms with van der Waals surface area (Å²) in [6.07, 6.45) is 4.79. The molecule has 1 atom stereocenters. The van der Waals surface area contributed by atoms with Crippen molar-refractivity contribution in [3.63, 3.8) is 0 Å². The van der Waals surface area contributed by atoms with Crippen LogP contribution >= 0.6 is 0 Å². The maximum absolute atomic E-state index is 12.6. The van der Waals surface area contributed by atoms with E-state index in [9.17, 15) is 8.42 Å². The third-order valence-electron chi connectivity index (χ3n) is 3.82. The molecule has 1 aromatic heterocycles. The molecule has 3 rings (SSSR count). The molecule has 0 amide bonds. The second kappa shape index (κ2) is 4.88. The summed E-state index contributed by atoms with van der Waals surface area (Å²) in [5.74, 6) is 0.910. The average molecular weight is 284 g/mol. The SMILES string of the molecule is C[C@H]1CN(S(=O)(=O)c2cn3c(n2)CCCC3)CCN1. The van der Waals surface area contributed by atoms with Crippen molar-refractivity contribution < 1.29 is 8.42 Å². The lowest BCUT2D eigenvalue weighted by Gasteiger charge is -2.30. The van der Waals surface area contributed by atoms with Gasteiger partial charge in [0.05, 0.1) is 0 Å². The van der Waals surface area contributed by atoms with E-state index in [2.05, 4.69) is 10.3 Å². The molecule has 1 N–H and O–H groups in total. The van der Waals surface area contributed by atoms with E-state index in [4.69, 9.17) is 0 Å². The highest BCUT2D eigenvalue weighted by atomic mass is 32.2. The standard InChI is InChI=1S/C12H20N4O2S/c1-10-8-16(7-5-13-10)19(17,18)12-9-15-6-3-2-4-11(15)14-12/h9-10,13H,2-8H2,1H3/t10-/m0/s1. The highest BCUT2D eigenvalue weighted by Crippen LogP contribution is 2.20. The fourth-order valence-electron chi connectivity index (χ4n) is 2.76. The zero-order chi connectivity index (χ0) is 13.5. The van der Waals surface area contributed by atoms with Crippen molar-refractivity contribution in [3.05, 3.63) is 12.0 Å². The third kappa shape index (κ3) is 2.42. The van der Waals surface area contributed by atoms with Crippen LogP contribution in [0.2, 0.25) is 0 Å². The van der Waals surface area contributed by atoms with E-state index in [1.54, 1.807) is 10.5 Å². The average Bonchev–Trinajstić information content (AvgIpc) is 2.83. The van der Waals surface area contributed by atoms with Crippen molar-refractivity contribution in [1.29, 1.82) is 0 Å². The van der Waals surface area contributed by atoms with Gasteiger partial charge in [0.15, 0.2) is 5.03 Å². The molecule has 0 spiro atoms. The van der Waals surface area contributed by atoms with Crippen LogP contribution < -0.4 is 5.32 Å². The largest absolute Gasteiger partial charge is 0.333 e. The molecule has 0 saturated carbocycles. The lowest BCUT2D eigenvalue weighted by atomic mass is 10.2. The minimum absolute atomic E-state index is 0.195. The number of piperazine rings is 1. The number of hydrogen-bond donors (Lipinski definition) is 1. The minimum Gasteiger partial charge on any atom is -0.333 e. The molecular weight excluding hydrogens is 264 g/mol. The number of hydrogen-bond acceptors (Lipinski definition) is 4. The summed E-state index contributed by atoms with van der Waals surface area (Å²) in [7, 11) is -3.43.